The van der Waals surface area contributed by atoms with Gasteiger partial charge in [0, 0.05) is 39.3 Å². The molecular formula is C23H35FN4O2. The summed E-state index contributed by atoms with van der Waals surface area (Å²) in [6, 6.07) is 6.04. The number of carbonyl (C=O) groups excluding carboxylic acids is 2. The Balaban J connectivity index is 1.38. The van der Waals surface area contributed by atoms with Gasteiger partial charge in [-0.3, -0.25) is 19.4 Å². The average molecular weight is 419 g/mol. The lowest BCUT2D eigenvalue weighted by molar-refractivity contribution is -0.135. The molecule has 6 nitrogen and oxygen atoms in total. The van der Waals surface area contributed by atoms with Gasteiger partial charge in [-0.15, -0.1) is 0 Å². The van der Waals surface area contributed by atoms with Gasteiger partial charge in [0.05, 0.1) is 19.1 Å². The lowest BCUT2D eigenvalue weighted by atomic mass is 9.92. The monoisotopic (exact) mass is 418 g/mol. The summed E-state index contributed by atoms with van der Waals surface area (Å²) < 4.78 is 13.1. The van der Waals surface area contributed by atoms with Crippen molar-refractivity contribution in [2.75, 3.05) is 52.4 Å². The summed E-state index contributed by atoms with van der Waals surface area (Å²) in [5.74, 6) is 1.06. The van der Waals surface area contributed by atoms with E-state index in [1.807, 2.05) is 11.8 Å². The van der Waals surface area contributed by atoms with Gasteiger partial charge >= 0.3 is 0 Å². The molecule has 3 rings (SSSR count). The number of nitrogens with one attached hydrogen (secondary N) is 1. The van der Waals surface area contributed by atoms with Gasteiger partial charge < -0.3 is 10.2 Å². The molecule has 2 aliphatic heterocycles. The first-order valence-corrected chi connectivity index (χ1v) is 11.1. The van der Waals surface area contributed by atoms with Crippen LogP contribution in [0.5, 0.6) is 0 Å². The van der Waals surface area contributed by atoms with Crippen LogP contribution in [0, 0.1) is 17.7 Å². The van der Waals surface area contributed by atoms with Crippen molar-refractivity contribution < 1.29 is 14.0 Å². The van der Waals surface area contributed by atoms with Crippen LogP contribution in [0.2, 0.25) is 0 Å². The molecule has 0 unspecified atom stereocenters. The third-order valence-corrected chi connectivity index (χ3v) is 6.16. The molecule has 2 aliphatic rings. The summed E-state index contributed by atoms with van der Waals surface area (Å²) in [7, 11) is 0. The first kappa shape index (κ1) is 22.7. The maximum absolute atomic E-state index is 13.1. The fourth-order valence-electron chi connectivity index (χ4n) is 4.59. The Labute approximate surface area is 179 Å². The van der Waals surface area contributed by atoms with E-state index >= 15 is 0 Å². The third kappa shape index (κ3) is 6.51. The van der Waals surface area contributed by atoms with Crippen LogP contribution < -0.4 is 5.32 Å². The van der Waals surface area contributed by atoms with Crippen molar-refractivity contribution in [3.05, 3.63) is 35.6 Å². The fourth-order valence-corrected chi connectivity index (χ4v) is 4.59. The van der Waals surface area contributed by atoms with Gasteiger partial charge in [0.15, 0.2) is 0 Å². The van der Waals surface area contributed by atoms with E-state index < -0.39 is 0 Å². The Morgan fingerprint density at radius 2 is 1.53 bits per heavy atom. The third-order valence-electron chi connectivity index (χ3n) is 6.16. The highest BCUT2D eigenvalue weighted by molar-refractivity contribution is 5.79. The van der Waals surface area contributed by atoms with E-state index in [2.05, 4.69) is 29.0 Å². The Bertz CT molecular complexity index is 708. The van der Waals surface area contributed by atoms with Crippen LogP contribution in [-0.2, 0) is 9.59 Å². The number of piperazine rings is 1. The minimum Gasteiger partial charge on any atom is -0.348 e. The van der Waals surface area contributed by atoms with Gasteiger partial charge in [-0.1, -0.05) is 26.0 Å². The van der Waals surface area contributed by atoms with Gasteiger partial charge in [-0.2, -0.15) is 0 Å². The molecule has 3 atom stereocenters. The highest BCUT2D eigenvalue weighted by Crippen LogP contribution is 2.21. The maximum Gasteiger partial charge on any atom is 0.236 e. The summed E-state index contributed by atoms with van der Waals surface area (Å²) >= 11 is 0. The van der Waals surface area contributed by atoms with Crippen LogP contribution in [0.25, 0.3) is 0 Å². The molecule has 2 fully saturated rings. The number of benzene rings is 1. The minimum atomic E-state index is -0.280. The maximum atomic E-state index is 13.1. The number of amides is 2. The van der Waals surface area contributed by atoms with Crippen LogP contribution in [-0.4, -0.2) is 78.9 Å². The standard InChI is InChI=1S/C23H35FN4O2/c1-17-12-18(2)14-28(13-17)23(30)16-27-10-8-26(9-11-27)15-22(29)25-19(3)20-4-6-21(24)7-5-20/h4-7,17-19H,8-16H2,1-3H3,(H,25,29)/t17-,18-,19-/m1/s1. The van der Waals surface area contributed by atoms with E-state index in [1.54, 1.807) is 12.1 Å². The highest BCUT2D eigenvalue weighted by Gasteiger charge is 2.27. The molecule has 1 aromatic rings. The SMILES string of the molecule is C[C@@H]1C[C@@H](C)CN(C(=O)CN2CCN(CC(=O)N[C@H](C)c3ccc(F)cc3)CC2)C1. The van der Waals surface area contributed by atoms with Gasteiger partial charge in [0.1, 0.15) is 5.82 Å². The second-order valence-corrected chi connectivity index (χ2v) is 9.14. The van der Waals surface area contributed by atoms with Crippen molar-refractivity contribution in [2.45, 2.75) is 33.2 Å². The fraction of sp³-hybridized carbons (Fsp3) is 0.652. The van der Waals surface area contributed by atoms with E-state index in [9.17, 15) is 14.0 Å². The molecule has 2 saturated heterocycles. The topological polar surface area (TPSA) is 55.9 Å². The van der Waals surface area contributed by atoms with E-state index in [0.717, 1.165) is 44.8 Å². The van der Waals surface area contributed by atoms with Gasteiger partial charge in [-0.05, 0) is 42.9 Å². The second kappa shape index (κ2) is 10.4. The first-order valence-electron chi connectivity index (χ1n) is 11.1. The van der Waals surface area contributed by atoms with Crippen LogP contribution in [0.4, 0.5) is 4.39 Å². The van der Waals surface area contributed by atoms with Crippen LogP contribution in [0.3, 0.4) is 0 Å². The Morgan fingerprint density at radius 1 is 1.00 bits per heavy atom. The number of rotatable bonds is 6. The number of piperidine rings is 1. The van der Waals surface area contributed by atoms with E-state index in [-0.39, 0.29) is 23.7 Å². The Kier molecular flexibility index (Phi) is 7.83. The predicted molar refractivity (Wildman–Crippen MR) is 115 cm³/mol. The normalized spacial score (nSPS) is 24.5. The van der Waals surface area contributed by atoms with Crippen LogP contribution in [0.15, 0.2) is 24.3 Å². The molecule has 0 aliphatic carbocycles. The predicted octanol–water partition coefficient (Wildman–Crippen LogP) is 2.12. The number of hydrogen-bond acceptors (Lipinski definition) is 4. The summed E-state index contributed by atoms with van der Waals surface area (Å²) in [5, 5.41) is 2.98. The molecule has 7 heteroatoms. The molecule has 166 valence electrons. The number of halogens is 1. The Morgan fingerprint density at radius 3 is 2.10 bits per heavy atom. The molecular weight excluding hydrogens is 383 g/mol. The average Bonchev–Trinajstić information content (AvgIpc) is 2.69. The molecule has 0 bridgehead atoms. The summed E-state index contributed by atoms with van der Waals surface area (Å²) in [6.07, 6.45) is 1.20. The largest absolute Gasteiger partial charge is 0.348 e. The quantitative estimate of drug-likeness (QED) is 0.769. The van der Waals surface area contributed by atoms with Crippen molar-refractivity contribution in [1.29, 1.82) is 0 Å². The Hall–Kier alpha value is -1.99. The molecule has 0 spiro atoms. The van der Waals surface area contributed by atoms with E-state index in [0.29, 0.717) is 24.9 Å². The van der Waals surface area contributed by atoms with Crippen LogP contribution >= 0.6 is 0 Å². The first-order chi connectivity index (χ1) is 14.3. The highest BCUT2D eigenvalue weighted by atomic mass is 19.1. The molecule has 1 aromatic carbocycles. The molecule has 0 aromatic heterocycles. The zero-order valence-corrected chi connectivity index (χ0v) is 18.4. The lowest BCUT2D eigenvalue weighted by Gasteiger charge is -2.38. The zero-order valence-electron chi connectivity index (χ0n) is 18.4. The molecule has 0 saturated carbocycles. The number of hydrogen-bond donors (Lipinski definition) is 1. The lowest BCUT2D eigenvalue weighted by Crippen LogP contribution is -2.53. The van der Waals surface area contributed by atoms with Crippen molar-refractivity contribution in [2.24, 2.45) is 11.8 Å². The summed E-state index contributed by atoms with van der Waals surface area (Å²) in [4.78, 5) is 31.4. The van der Waals surface area contributed by atoms with Crippen molar-refractivity contribution in [1.82, 2.24) is 20.0 Å². The second-order valence-electron chi connectivity index (χ2n) is 9.14. The molecule has 0 radical (unpaired) electrons. The summed E-state index contributed by atoms with van der Waals surface area (Å²) in [5.41, 5.74) is 0.884. The van der Waals surface area contributed by atoms with Gasteiger partial charge in [0.25, 0.3) is 0 Å². The zero-order chi connectivity index (χ0) is 21.7. The minimum absolute atomic E-state index is 0.0346. The van der Waals surface area contributed by atoms with E-state index in [4.69, 9.17) is 0 Å². The number of nitrogens with zero attached hydrogens (tertiary/aromatic N) is 3. The van der Waals surface area contributed by atoms with Crippen molar-refractivity contribution >= 4 is 11.8 Å². The molecule has 30 heavy (non-hydrogen) atoms. The smallest absolute Gasteiger partial charge is 0.236 e. The molecule has 2 heterocycles. The van der Waals surface area contributed by atoms with Gasteiger partial charge in [-0.25, -0.2) is 4.39 Å². The number of carbonyl (C=O) groups is 2. The van der Waals surface area contributed by atoms with Crippen molar-refractivity contribution in [3.63, 3.8) is 0 Å². The molecule has 1 N–H and O–H groups in total. The molecule has 2 amide bonds. The van der Waals surface area contributed by atoms with Crippen LogP contribution in [0.1, 0.15) is 38.8 Å². The van der Waals surface area contributed by atoms with Crippen molar-refractivity contribution in [3.8, 4) is 0 Å². The number of likely N-dealkylation sites (tertiary alicyclic amines) is 1. The van der Waals surface area contributed by atoms with Gasteiger partial charge in [0.2, 0.25) is 11.8 Å². The van der Waals surface area contributed by atoms with E-state index in [1.165, 1.54) is 18.6 Å². The summed E-state index contributed by atoms with van der Waals surface area (Å²) in [6.45, 7) is 12.0.